The number of ether oxygens (including phenoxy) is 1. The summed E-state index contributed by atoms with van der Waals surface area (Å²) in [5, 5.41) is 10.1. The molecule has 0 amide bonds. The van der Waals surface area contributed by atoms with Gasteiger partial charge in [0.25, 0.3) is 0 Å². The summed E-state index contributed by atoms with van der Waals surface area (Å²) in [5.41, 5.74) is 0.506. The van der Waals surface area contributed by atoms with Crippen molar-refractivity contribution in [1.82, 2.24) is 0 Å². The van der Waals surface area contributed by atoms with E-state index in [1.165, 1.54) is 0 Å². The van der Waals surface area contributed by atoms with Crippen molar-refractivity contribution in [2.45, 2.75) is 20.0 Å². The van der Waals surface area contributed by atoms with Gasteiger partial charge in [-0.1, -0.05) is 32.1 Å². The van der Waals surface area contributed by atoms with E-state index < -0.39 is 6.10 Å². The number of aliphatic hydroxyl groups is 1. The standard InChI is InChI=1S/C13H18O2/c1-5-13(2,3)12(14)10-7-6-8-11(9-10)15-4/h5-9,12,14H,1H2,2-4H3. The Morgan fingerprint density at radius 3 is 2.67 bits per heavy atom. The second-order valence-corrected chi connectivity index (χ2v) is 4.20. The fraction of sp³-hybridized carbons (Fsp3) is 0.385. The van der Waals surface area contributed by atoms with Crippen LogP contribution in [-0.4, -0.2) is 12.2 Å². The van der Waals surface area contributed by atoms with E-state index in [9.17, 15) is 5.11 Å². The first-order chi connectivity index (χ1) is 7.01. The number of methoxy groups -OCH3 is 1. The summed E-state index contributed by atoms with van der Waals surface area (Å²) in [6.45, 7) is 7.63. The van der Waals surface area contributed by atoms with E-state index in [0.717, 1.165) is 11.3 Å². The third-order valence-electron chi connectivity index (χ3n) is 2.64. The van der Waals surface area contributed by atoms with E-state index >= 15 is 0 Å². The smallest absolute Gasteiger partial charge is 0.119 e. The molecule has 2 nitrogen and oxygen atoms in total. The second-order valence-electron chi connectivity index (χ2n) is 4.20. The Bertz CT molecular complexity index is 342. The molecule has 0 aliphatic rings. The normalized spacial score (nSPS) is 13.3. The molecule has 0 fully saturated rings. The van der Waals surface area contributed by atoms with Gasteiger partial charge in [0.2, 0.25) is 0 Å². The first-order valence-electron chi connectivity index (χ1n) is 4.97. The Balaban J connectivity index is 3.00. The molecule has 0 aliphatic heterocycles. The van der Waals surface area contributed by atoms with Gasteiger partial charge in [0.15, 0.2) is 0 Å². The van der Waals surface area contributed by atoms with E-state index in [1.807, 2.05) is 38.1 Å². The lowest BCUT2D eigenvalue weighted by atomic mass is 9.83. The summed E-state index contributed by atoms with van der Waals surface area (Å²) >= 11 is 0. The molecule has 1 aromatic rings. The van der Waals surface area contributed by atoms with E-state index in [-0.39, 0.29) is 5.41 Å². The van der Waals surface area contributed by atoms with Crippen LogP contribution in [0.15, 0.2) is 36.9 Å². The average molecular weight is 206 g/mol. The van der Waals surface area contributed by atoms with Gasteiger partial charge in [-0.25, -0.2) is 0 Å². The molecule has 1 atom stereocenters. The highest BCUT2D eigenvalue weighted by atomic mass is 16.5. The van der Waals surface area contributed by atoms with E-state index in [2.05, 4.69) is 6.58 Å². The van der Waals surface area contributed by atoms with Gasteiger partial charge in [-0.3, -0.25) is 0 Å². The summed E-state index contributed by atoms with van der Waals surface area (Å²) in [5.74, 6) is 0.756. The molecule has 0 saturated heterocycles. The predicted molar refractivity (Wildman–Crippen MR) is 61.9 cm³/mol. The summed E-state index contributed by atoms with van der Waals surface area (Å²) in [6, 6.07) is 7.46. The first kappa shape index (κ1) is 11.8. The van der Waals surface area contributed by atoms with Gasteiger partial charge in [-0.2, -0.15) is 0 Å². The predicted octanol–water partition coefficient (Wildman–Crippen LogP) is 2.94. The molecular formula is C13H18O2. The maximum Gasteiger partial charge on any atom is 0.119 e. The van der Waals surface area contributed by atoms with Gasteiger partial charge in [-0.15, -0.1) is 6.58 Å². The van der Waals surface area contributed by atoms with Gasteiger partial charge >= 0.3 is 0 Å². The molecule has 15 heavy (non-hydrogen) atoms. The zero-order valence-electron chi connectivity index (χ0n) is 9.53. The Hall–Kier alpha value is -1.28. The molecule has 0 bridgehead atoms. The number of hydrogen-bond donors (Lipinski definition) is 1. The van der Waals surface area contributed by atoms with Crippen LogP contribution in [0.4, 0.5) is 0 Å². The van der Waals surface area contributed by atoms with Crippen molar-refractivity contribution in [3.05, 3.63) is 42.5 Å². The lowest BCUT2D eigenvalue weighted by Gasteiger charge is -2.27. The van der Waals surface area contributed by atoms with Crippen LogP contribution in [0.25, 0.3) is 0 Å². The number of hydrogen-bond acceptors (Lipinski definition) is 2. The SMILES string of the molecule is C=CC(C)(C)C(O)c1cccc(OC)c1. The lowest BCUT2D eigenvalue weighted by Crippen LogP contribution is -2.19. The van der Waals surface area contributed by atoms with Crippen LogP contribution >= 0.6 is 0 Å². The minimum absolute atomic E-state index is 0.341. The van der Waals surface area contributed by atoms with Crippen molar-refractivity contribution in [3.63, 3.8) is 0 Å². The topological polar surface area (TPSA) is 29.5 Å². The monoisotopic (exact) mass is 206 g/mol. The van der Waals surface area contributed by atoms with E-state index in [4.69, 9.17) is 4.74 Å². The molecular weight excluding hydrogens is 188 g/mol. The lowest BCUT2D eigenvalue weighted by molar-refractivity contribution is 0.0820. The van der Waals surface area contributed by atoms with Crippen molar-refractivity contribution in [3.8, 4) is 5.75 Å². The quantitative estimate of drug-likeness (QED) is 0.767. The number of rotatable bonds is 4. The minimum atomic E-state index is -0.565. The van der Waals surface area contributed by atoms with Crippen LogP contribution in [0, 0.1) is 5.41 Å². The van der Waals surface area contributed by atoms with Crippen LogP contribution < -0.4 is 4.74 Å². The van der Waals surface area contributed by atoms with Crippen molar-refractivity contribution in [1.29, 1.82) is 0 Å². The average Bonchev–Trinajstić information content (AvgIpc) is 2.28. The molecule has 0 aromatic heterocycles. The van der Waals surface area contributed by atoms with Crippen molar-refractivity contribution in [2.24, 2.45) is 5.41 Å². The van der Waals surface area contributed by atoms with Crippen LogP contribution in [0.3, 0.4) is 0 Å². The van der Waals surface area contributed by atoms with Crippen LogP contribution in [0.5, 0.6) is 5.75 Å². The highest BCUT2D eigenvalue weighted by molar-refractivity contribution is 5.31. The van der Waals surface area contributed by atoms with E-state index in [0.29, 0.717) is 0 Å². The summed E-state index contributed by atoms with van der Waals surface area (Å²) in [6.07, 6.45) is 1.20. The fourth-order valence-corrected chi connectivity index (χ4v) is 1.35. The molecule has 1 rings (SSSR count). The maximum atomic E-state index is 10.1. The zero-order valence-corrected chi connectivity index (χ0v) is 9.53. The second kappa shape index (κ2) is 4.49. The van der Waals surface area contributed by atoms with Crippen LogP contribution in [0.1, 0.15) is 25.5 Å². The van der Waals surface area contributed by atoms with Gasteiger partial charge in [0.1, 0.15) is 5.75 Å². The third-order valence-corrected chi connectivity index (χ3v) is 2.64. The summed E-state index contributed by atoms with van der Waals surface area (Å²) < 4.78 is 5.11. The fourth-order valence-electron chi connectivity index (χ4n) is 1.35. The highest BCUT2D eigenvalue weighted by Crippen LogP contribution is 2.35. The van der Waals surface area contributed by atoms with Crippen molar-refractivity contribution in [2.75, 3.05) is 7.11 Å². The number of benzene rings is 1. The maximum absolute atomic E-state index is 10.1. The van der Waals surface area contributed by atoms with Crippen molar-refractivity contribution >= 4 is 0 Å². The van der Waals surface area contributed by atoms with Gasteiger partial charge in [0, 0.05) is 5.41 Å². The Morgan fingerprint density at radius 1 is 1.47 bits per heavy atom. The molecule has 0 saturated carbocycles. The molecule has 2 heteroatoms. The summed E-state index contributed by atoms with van der Waals surface area (Å²) in [4.78, 5) is 0. The van der Waals surface area contributed by atoms with Gasteiger partial charge in [-0.05, 0) is 17.7 Å². The Morgan fingerprint density at radius 2 is 2.13 bits per heavy atom. The molecule has 0 spiro atoms. The molecule has 1 N–H and O–H groups in total. The third kappa shape index (κ3) is 2.60. The van der Waals surface area contributed by atoms with Gasteiger partial charge < -0.3 is 9.84 Å². The molecule has 1 aromatic carbocycles. The van der Waals surface area contributed by atoms with Crippen LogP contribution in [0.2, 0.25) is 0 Å². The summed E-state index contributed by atoms with van der Waals surface area (Å²) in [7, 11) is 1.62. The Kier molecular flexibility index (Phi) is 3.53. The highest BCUT2D eigenvalue weighted by Gasteiger charge is 2.25. The van der Waals surface area contributed by atoms with Crippen LogP contribution in [-0.2, 0) is 0 Å². The molecule has 0 heterocycles. The molecule has 0 aliphatic carbocycles. The molecule has 1 unspecified atom stereocenters. The largest absolute Gasteiger partial charge is 0.497 e. The van der Waals surface area contributed by atoms with E-state index in [1.54, 1.807) is 13.2 Å². The zero-order chi connectivity index (χ0) is 11.5. The molecule has 82 valence electrons. The molecule has 0 radical (unpaired) electrons. The first-order valence-corrected chi connectivity index (χ1v) is 4.97. The van der Waals surface area contributed by atoms with Gasteiger partial charge in [0.05, 0.1) is 13.2 Å². The van der Waals surface area contributed by atoms with Crippen molar-refractivity contribution < 1.29 is 9.84 Å². The number of aliphatic hydroxyl groups excluding tert-OH is 1. The Labute approximate surface area is 91.2 Å². The minimum Gasteiger partial charge on any atom is -0.497 e.